The molecular weight excluding hydrogens is 180 g/mol. The summed E-state index contributed by atoms with van der Waals surface area (Å²) in [7, 11) is 2.16. The van der Waals surface area contributed by atoms with Gasteiger partial charge in [0.15, 0.2) is 0 Å². The van der Waals surface area contributed by atoms with Gasteiger partial charge < -0.3 is 10.2 Å². The van der Waals surface area contributed by atoms with Crippen LogP contribution in [0.25, 0.3) is 0 Å². The Kier molecular flexibility index (Phi) is 10.6. The minimum Gasteiger partial charge on any atom is -0.315 e. The molecule has 0 bridgehead atoms. The molecule has 80 valence electrons. The molecule has 0 radical (unpaired) electrons. The standard InChI is InChI=1S/C10H24N2S/c1-4-12(2)9-8-11-7-5-6-10-13-3/h11H,4-10H2,1-3H3. The van der Waals surface area contributed by atoms with Crippen LogP contribution >= 0.6 is 11.8 Å². The quantitative estimate of drug-likeness (QED) is 0.575. The van der Waals surface area contributed by atoms with Crippen LogP contribution in [0.3, 0.4) is 0 Å². The van der Waals surface area contributed by atoms with Crippen LogP contribution in [0.2, 0.25) is 0 Å². The Morgan fingerprint density at radius 3 is 2.62 bits per heavy atom. The van der Waals surface area contributed by atoms with Crippen LogP contribution in [-0.2, 0) is 0 Å². The van der Waals surface area contributed by atoms with Crippen molar-refractivity contribution in [1.82, 2.24) is 10.2 Å². The van der Waals surface area contributed by atoms with Gasteiger partial charge in [0.1, 0.15) is 0 Å². The molecule has 0 saturated carbocycles. The molecule has 13 heavy (non-hydrogen) atoms. The van der Waals surface area contributed by atoms with E-state index in [0.717, 1.165) is 13.1 Å². The van der Waals surface area contributed by atoms with E-state index in [9.17, 15) is 0 Å². The van der Waals surface area contributed by atoms with Crippen molar-refractivity contribution < 1.29 is 0 Å². The second-order valence-electron chi connectivity index (χ2n) is 3.35. The summed E-state index contributed by atoms with van der Waals surface area (Å²) in [5.74, 6) is 1.30. The van der Waals surface area contributed by atoms with Crippen LogP contribution in [-0.4, -0.2) is 50.1 Å². The highest BCUT2D eigenvalue weighted by atomic mass is 32.2. The highest BCUT2D eigenvalue weighted by molar-refractivity contribution is 7.98. The van der Waals surface area contributed by atoms with E-state index >= 15 is 0 Å². The Balaban J connectivity index is 2.91. The first kappa shape index (κ1) is 13.3. The Bertz CT molecular complexity index is 98.9. The SMILES string of the molecule is CCN(C)CCNCCCCSC. The number of nitrogens with one attached hydrogen (secondary N) is 1. The molecule has 0 aromatic heterocycles. The van der Waals surface area contributed by atoms with E-state index in [0.29, 0.717) is 0 Å². The smallest absolute Gasteiger partial charge is 0.0104 e. The zero-order valence-corrected chi connectivity index (χ0v) is 10.1. The zero-order chi connectivity index (χ0) is 9.94. The highest BCUT2D eigenvalue weighted by Gasteiger charge is 1.92. The van der Waals surface area contributed by atoms with Gasteiger partial charge in [0.05, 0.1) is 0 Å². The molecule has 0 aliphatic rings. The van der Waals surface area contributed by atoms with Crippen molar-refractivity contribution in [3.63, 3.8) is 0 Å². The summed E-state index contributed by atoms with van der Waals surface area (Å²) in [5.41, 5.74) is 0. The molecule has 0 heterocycles. The Labute approximate surface area is 87.5 Å². The van der Waals surface area contributed by atoms with Crippen molar-refractivity contribution in [3.05, 3.63) is 0 Å². The first-order chi connectivity index (χ1) is 6.31. The van der Waals surface area contributed by atoms with Crippen LogP contribution in [0.4, 0.5) is 0 Å². The van der Waals surface area contributed by atoms with Gasteiger partial charge in [-0.25, -0.2) is 0 Å². The molecule has 2 nitrogen and oxygen atoms in total. The maximum absolute atomic E-state index is 3.46. The average molecular weight is 204 g/mol. The number of hydrogen-bond donors (Lipinski definition) is 1. The van der Waals surface area contributed by atoms with Gasteiger partial charge in [-0.05, 0) is 45.0 Å². The lowest BCUT2D eigenvalue weighted by Crippen LogP contribution is -2.29. The summed E-state index contributed by atoms with van der Waals surface area (Å²) in [6.45, 7) is 6.81. The highest BCUT2D eigenvalue weighted by Crippen LogP contribution is 1.97. The van der Waals surface area contributed by atoms with Gasteiger partial charge in [0, 0.05) is 13.1 Å². The lowest BCUT2D eigenvalue weighted by molar-refractivity contribution is 0.349. The minimum absolute atomic E-state index is 1.13. The number of nitrogens with zero attached hydrogens (tertiary/aromatic N) is 1. The lowest BCUT2D eigenvalue weighted by Gasteiger charge is -2.13. The van der Waals surface area contributed by atoms with Crippen LogP contribution in [0.1, 0.15) is 19.8 Å². The molecule has 3 heteroatoms. The molecule has 0 aliphatic carbocycles. The average Bonchev–Trinajstić information content (AvgIpc) is 2.16. The predicted molar refractivity (Wildman–Crippen MR) is 63.7 cm³/mol. The molecule has 0 unspecified atom stereocenters. The number of hydrogen-bond acceptors (Lipinski definition) is 3. The summed E-state index contributed by atoms with van der Waals surface area (Å²) in [6, 6.07) is 0. The minimum atomic E-state index is 1.13. The first-order valence-corrected chi connectivity index (χ1v) is 6.58. The molecule has 0 fully saturated rings. The van der Waals surface area contributed by atoms with Crippen LogP contribution in [0.5, 0.6) is 0 Å². The maximum Gasteiger partial charge on any atom is 0.0104 e. The van der Waals surface area contributed by atoms with Crippen molar-refractivity contribution in [3.8, 4) is 0 Å². The van der Waals surface area contributed by atoms with Gasteiger partial charge in [0.25, 0.3) is 0 Å². The van der Waals surface area contributed by atoms with Crippen LogP contribution in [0.15, 0.2) is 0 Å². The molecule has 0 atom stereocenters. The van der Waals surface area contributed by atoms with E-state index in [4.69, 9.17) is 0 Å². The summed E-state index contributed by atoms with van der Waals surface area (Å²) in [6.07, 6.45) is 4.83. The molecule has 0 aliphatic heterocycles. The molecule has 0 amide bonds. The summed E-state index contributed by atoms with van der Waals surface area (Å²) >= 11 is 1.94. The van der Waals surface area contributed by atoms with E-state index < -0.39 is 0 Å². The molecule has 1 N–H and O–H groups in total. The Hall–Kier alpha value is 0.270. The lowest BCUT2D eigenvalue weighted by atomic mass is 10.3. The molecule has 0 aromatic carbocycles. The molecule has 0 spiro atoms. The summed E-state index contributed by atoms with van der Waals surface area (Å²) in [4.78, 5) is 2.33. The fourth-order valence-corrected chi connectivity index (χ4v) is 1.54. The van der Waals surface area contributed by atoms with Gasteiger partial charge in [-0.2, -0.15) is 11.8 Å². The number of unbranched alkanes of at least 4 members (excludes halogenated alkanes) is 1. The normalized spacial score (nSPS) is 11.1. The summed E-state index contributed by atoms with van der Waals surface area (Å²) < 4.78 is 0. The van der Waals surface area contributed by atoms with E-state index in [2.05, 4.69) is 30.4 Å². The number of likely N-dealkylation sites (N-methyl/N-ethyl adjacent to an activating group) is 1. The van der Waals surface area contributed by atoms with Gasteiger partial charge in [-0.3, -0.25) is 0 Å². The van der Waals surface area contributed by atoms with Gasteiger partial charge in [-0.1, -0.05) is 6.92 Å². The van der Waals surface area contributed by atoms with Gasteiger partial charge >= 0.3 is 0 Å². The fraction of sp³-hybridized carbons (Fsp3) is 1.00. The third kappa shape index (κ3) is 10.2. The maximum atomic E-state index is 3.46. The van der Waals surface area contributed by atoms with Crippen molar-refractivity contribution in [2.75, 3.05) is 45.2 Å². The van der Waals surface area contributed by atoms with Crippen molar-refractivity contribution in [2.45, 2.75) is 19.8 Å². The Morgan fingerprint density at radius 1 is 1.23 bits per heavy atom. The zero-order valence-electron chi connectivity index (χ0n) is 9.31. The second kappa shape index (κ2) is 10.4. The fourth-order valence-electron chi connectivity index (χ4n) is 1.05. The van der Waals surface area contributed by atoms with E-state index in [-0.39, 0.29) is 0 Å². The van der Waals surface area contributed by atoms with E-state index in [1.165, 1.54) is 31.7 Å². The molecule has 0 rings (SSSR count). The predicted octanol–water partition coefficient (Wildman–Crippen LogP) is 1.67. The van der Waals surface area contributed by atoms with Crippen molar-refractivity contribution in [2.24, 2.45) is 0 Å². The monoisotopic (exact) mass is 204 g/mol. The van der Waals surface area contributed by atoms with Crippen LogP contribution in [0, 0.1) is 0 Å². The van der Waals surface area contributed by atoms with Crippen molar-refractivity contribution in [1.29, 1.82) is 0 Å². The molecule has 0 aromatic rings. The van der Waals surface area contributed by atoms with E-state index in [1.807, 2.05) is 11.8 Å². The second-order valence-corrected chi connectivity index (χ2v) is 4.33. The van der Waals surface area contributed by atoms with Crippen LogP contribution < -0.4 is 5.32 Å². The topological polar surface area (TPSA) is 15.3 Å². The summed E-state index contributed by atoms with van der Waals surface area (Å²) in [5, 5.41) is 3.46. The number of thioether (sulfide) groups is 1. The molecular formula is C10H24N2S. The largest absolute Gasteiger partial charge is 0.315 e. The van der Waals surface area contributed by atoms with Gasteiger partial charge in [-0.15, -0.1) is 0 Å². The third-order valence-electron chi connectivity index (χ3n) is 2.16. The van der Waals surface area contributed by atoms with E-state index in [1.54, 1.807) is 0 Å². The van der Waals surface area contributed by atoms with Crippen molar-refractivity contribution >= 4 is 11.8 Å². The first-order valence-electron chi connectivity index (χ1n) is 5.19. The Morgan fingerprint density at radius 2 is 2.00 bits per heavy atom. The molecule has 0 saturated heterocycles. The third-order valence-corrected chi connectivity index (χ3v) is 2.86. The van der Waals surface area contributed by atoms with Gasteiger partial charge in [0.2, 0.25) is 0 Å². The number of rotatable bonds is 9.